The number of hydrogen-bond acceptors (Lipinski definition) is 6. The number of nitrogens with one attached hydrogen (secondary N) is 2. The molecule has 29 heavy (non-hydrogen) atoms. The lowest BCUT2D eigenvalue weighted by Gasteiger charge is -2.15. The molecule has 0 spiro atoms. The Morgan fingerprint density at radius 1 is 1.03 bits per heavy atom. The first kappa shape index (κ1) is 20.5. The Balaban J connectivity index is 1.84. The zero-order chi connectivity index (χ0) is 21.0. The molecule has 0 amide bonds. The van der Waals surface area contributed by atoms with Gasteiger partial charge in [-0.05, 0) is 49.4 Å². The molecule has 2 aromatic carbocycles. The Kier molecular flexibility index (Phi) is 5.97. The fourth-order valence-corrected chi connectivity index (χ4v) is 2.62. The number of rotatable bonds is 6. The second-order valence-corrected chi connectivity index (χ2v) is 6.29. The summed E-state index contributed by atoms with van der Waals surface area (Å²) < 4.78 is 44.3. The summed E-state index contributed by atoms with van der Waals surface area (Å²) in [5.41, 5.74) is 6.09. The van der Waals surface area contributed by atoms with Crippen LogP contribution in [0.3, 0.4) is 0 Å². The van der Waals surface area contributed by atoms with E-state index in [-0.39, 0.29) is 28.0 Å². The highest BCUT2D eigenvalue weighted by molar-refractivity contribution is 6.33. The van der Waals surface area contributed by atoms with Gasteiger partial charge in [0.2, 0.25) is 0 Å². The maximum absolute atomic E-state index is 13.0. The second-order valence-electron chi connectivity index (χ2n) is 5.88. The average molecular weight is 424 g/mol. The summed E-state index contributed by atoms with van der Waals surface area (Å²) in [7, 11) is 0. The molecule has 10 heteroatoms. The normalized spacial score (nSPS) is 11.2. The standard InChI is InChI=1S/C19H17ClF3N5O/c1-2-29-13-6-4-12(5-7-13)27-17-16(24)18(26-10-25-17)28-15-9-11(19(21,22)23)3-8-14(15)20/h3-10H,2,24H2,1H3,(H2,25,26,27,28). The van der Waals surface area contributed by atoms with Crippen molar-refractivity contribution in [3.05, 3.63) is 59.4 Å². The maximum Gasteiger partial charge on any atom is 0.416 e. The Bertz CT molecular complexity index is 996. The molecule has 0 aliphatic heterocycles. The highest BCUT2D eigenvalue weighted by Gasteiger charge is 2.31. The number of aromatic nitrogens is 2. The fourth-order valence-electron chi connectivity index (χ4n) is 2.46. The number of hydrogen-bond donors (Lipinski definition) is 3. The van der Waals surface area contributed by atoms with Gasteiger partial charge in [0.1, 0.15) is 17.8 Å². The van der Waals surface area contributed by atoms with Gasteiger partial charge in [0, 0.05) is 5.69 Å². The summed E-state index contributed by atoms with van der Waals surface area (Å²) in [4.78, 5) is 8.08. The summed E-state index contributed by atoms with van der Waals surface area (Å²) in [5.74, 6) is 1.12. The van der Waals surface area contributed by atoms with Gasteiger partial charge < -0.3 is 21.1 Å². The van der Waals surface area contributed by atoms with E-state index in [0.29, 0.717) is 12.3 Å². The Hall–Kier alpha value is -3.20. The van der Waals surface area contributed by atoms with Crippen molar-refractivity contribution in [2.45, 2.75) is 13.1 Å². The van der Waals surface area contributed by atoms with Crippen LogP contribution < -0.4 is 21.1 Å². The molecular formula is C19H17ClF3N5O. The van der Waals surface area contributed by atoms with Gasteiger partial charge >= 0.3 is 6.18 Å². The van der Waals surface area contributed by atoms with E-state index in [2.05, 4.69) is 20.6 Å². The van der Waals surface area contributed by atoms with Crippen LogP contribution in [0.1, 0.15) is 12.5 Å². The Morgan fingerprint density at radius 2 is 1.69 bits per heavy atom. The van der Waals surface area contributed by atoms with Gasteiger partial charge in [0.15, 0.2) is 11.6 Å². The molecule has 0 fully saturated rings. The smallest absolute Gasteiger partial charge is 0.416 e. The molecule has 0 unspecified atom stereocenters. The van der Waals surface area contributed by atoms with E-state index in [1.165, 1.54) is 6.33 Å². The number of alkyl halides is 3. The summed E-state index contributed by atoms with van der Waals surface area (Å²) in [6.45, 7) is 2.44. The third-order valence-corrected chi connectivity index (χ3v) is 4.19. The van der Waals surface area contributed by atoms with Crippen molar-refractivity contribution in [1.29, 1.82) is 0 Å². The first-order valence-electron chi connectivity index (χ1n) is 8.52. The summed E-state index contributed by atoms with van der Waals surface area (Å²) in [6, 6.07) is 10.1. The number of nitrogens with two attached hydrogens (primary N) is 1. The van der Waals surface area contributed by atoms with Crippen LogP contribution in [0.2, 0.25) is 5.02 Å². The minimum atomic E-state index is -4.50. The van der Waals surface area contributed by atoms with Crippen LogP contribution in [-0.2, 0) is 6.18 Å². The van der Waals surface area contributed by atoms with E-state index in [0.717, 1.165) is 23.9 Å². The van der Waals surface area contributed by atoms with E-state index in [9.17, 15) is 13.2 Å². The van der Waals surface area contributed by atoms with E-state index in [1.54, 1.807) is 24.3 Å². The predicted octanol–water partition coefficient (Wildman–Crippen LogP) is 5.62. The monoisotopic (exact) mass is 423 g/mol. The molecule has 1 heterocycles. The van der Waals surface area contributed by atoms with Crippen LogP contribution in [0.25, 0.3) is 0 Å². The Morgan fingerprint density at radius 3 is 2.31 bits per heavy atom. The number of ether oxygens (including phenoxy) is 1. The minimum Gasteiger partial charge on any atom is -0.494 e. The fraction of sp³-hybridized carbons (Fsp3) is 0.158. The van der Waals surface area contributed by atoms with Gasteiger partial charge in [-0.1, -0.05) is 11.6 Å². The molecule has 0 aliphatic rings. The van der Waals surface area contributed by atoms with E-state index >= 15 is 0 Å². The second kappa shape index (κ2) is 8.44. The largest absolute Gasteiger partial charge is 0.494 e. The van der Waals surface area contributed by atoms with Crippen LogP contribution in [0.15, 0.2) is 48.8 Å². The van der Waals surface area contributed by atoms with Gasteiger partial charge in [0.05, 0.1) is 22.9 Å². The van der Waals surface area contributed by atoms with E-state index in [1.807, 2.05) is 6.92 Å². The van der Waals surface area contributed by atoms with Crippen molar-refractivity contribution in [1.82, 2.24) is 9.97 Å². The van der Waals surface area contributed by atoms with Crippen LogP contribution in [0.4, 0.5) is 41.9 Å². The van der Waals surface area contributed by atoms with Crippen molar-refractivity contribution >= 4 is 40.3 Å². The molecule has 0 bridgehead atoms. The topological polar surface area (TPSA) is 85.1 Å². The minimum absolute atomic E-state index is 0.0268. The molecule has 4 N–H and O–H groups in total. The molecule has 1 aromatic heterocycles. The highest BCUT2D eigenvalue weighted by Crippen LogP contribution is 2.36. The van der Waals surface area contributed by atoms with Crippen LogP contribution in [0.5, 0.6) is 5.75 Å². The molecule has 0 atom stereocenters. The number of halogens is 4. The summed E-state index contributed by atoms with van der Waals surface area (Å²) in [6.07, 6.45) is -3.27. The summed E-state index contributed by atoms with van der Waals surface area (Å²) >= 11 is 6.02. The lowest BCUT2D eigenvalue weighted by molar-refractivity contribution is -0.137. The number of benzene rings is 2. The van der Waals surface area contributed by atoms with E-state index in [4.69, 9.17) is 22.1 Å². The zero-order valence-electron chi connectivity index (χ0n) is 15.2. The molecule has 3 aromatic rings. The van der Waals surface area contributed by atoms with Gasteiger partial charge in [-0.3, -0.25) is 0 Å². The molecule has 0 saturated heterocycles. The average Bonchev–Trinajstić information content (AvgIpc) is 2.67. The van der Waals surface area contributed by atoms with Crippen LogP contribution in [-0.4, -0.2) is 16.6 Å². The van der Waals surface area contributed by atoms with Crippen molar-refractivity contribution in [3.8, 4) is 5.75 Å². The lowest BCUT2D eigenvalue weighted by Crippen LogP contribution is -2.08. The third kappa shape index (κ3) is 5.00. The molecule has 3 rings (SSSR count). The molecule has 0 radical (unpaired) electrons. The first-order chi connectivity index (χ1) is 13.8. The van der Waals surface area contributed by atoms with Gasteiger partial charge in [-0.15, -0.1) is 0 Å². The molecule has 6 nitrogen and oxygen atoms in total. The zero-order valence-corrected chi connectivity index (χ0v) is 16.0. The van der Waals surface area contributed by atoms with Crippen molar-refractivity contribution in [3.63, 3.8) is 0 Å². The van der Waals surface area contributed by atoms with Crippen LogP contribution in [0, 0.1) is 0 Å². The molecule has 0 saturated carbocycles. The SMILES string of the molecule is CCOc1ccc(Nc2ncnc(Nc3cc(C(F)(F)F)ccc3Cl)c2N)cc1. The maximum atomic E-state index is 13.0. The van der Waals surface area contributed by atoms with Gasteiger partial charge in [0.25, 0.3) is 0 Å². The molecular weight excluding hydrogens is 407 g/mol. The molecule has 0 aliphatic carbocycles. The Labute approximate surface area is 169 Å². The molecule has 152 valence electrons. The quantitative estimate of drug-likeness (QED) is 0.477. The lowest BCUT2D eigenvalue weighted by atomic mass is 10.2. The summed E-state index contributed by atoms with van der Waals surface area (Å²) in [5, 5.41) is 5.86. The van der Waals surface area contributed by atoms with Gasteiger partial charge in [-0.25, -0.2) is 9.97 Å². The van der Waals surface area contributed by atoms with Crippen molar-refractivity contribution < 1.29 is 17.9 Å². The van der Waals surface area contributed by atoms with Crippen molar-refractivity contribution in [2.75, 3.05) is 23.0 Å². The van der Waals surface area contributed by atoms with Crippen LogP contribution >= 0.6 is 11.6 Å². The van der Waals surface area contributed by atoms with Gasteiger partial charge in [-0.2, -0.15) is 13.2 Å². The number of anilines is 5. The first-order valence-corrected chi connectivity index (χ1v) is 8.90. The van der Waals surface area contributed by atoms with E-state index < -0.39 is 11.7 Å². The van der Waals surface area contributed by atoms with Crippen molar-refractivity contribution in [2.24, 2.45) is 0 Å². The number of nitrogen functional groups attached to an aromatic ring is 1. The highest BCUT2D eigenvalue weighted by atomic mass is 35.5. The number of nitrogens with zero attached hydrogens (tertiary/aromatic N) is 2. The third-order valence-electron chi connectivity index (χ3n) is 3.86. The predicted molar refractivity (Wildman–Crippen MR) is 107 cm³/mol.